The molecule has 1 aliphatic rings. The fourth-order valence-electron chi connectivity index (χ4n) is 3.41. The van der Waals surface area contributed by atoms with Gasteiger partial charge in [0.2, 0.25) is 0 Å². The van der Waals surface area contributed by atoms with E-state index in [1.54, 1.807) is 30.3 Å². The molecule has 0 atom stereocenters. The third-order valence-electron chi connectivity index (χ3n) is 4.67. The molecule has 8 heteroatoms. The molecule has 1 aliphatic heterocycles. The number of fused-ring (bicyclic) bond motifs is 2. The lowest BCUT2D eigenvalue weighted by atomic mass is 10.1. The molecule has 3 aromatic rings. The maximum atomic E-state index is 12.7. The maximum absolute atomic E-state index is 12.7. The van der Waals surface area contributed by atoms with Crippen LogP contribution in [0.15, 0.2) is 60.1 Å². The average molecular weight is 421 g/mol. The van der Waals surface area contributed by atoms with Gasteiger partial charge in [-0.05, 0) is 31.2 Å². The predicted molar refractivity (Wildman–Crippen MR) is 114 cm³/mol. The average Bonchev–Trinajstić information content (AvgIpc) is 3.20. The van der Waals surface area contributed by atoms with E-state index in [-0.39, 0.29) is 0 Å². The van der Waals surface area contributed by atoms with Crippen molar-refractivity contribution >= 4 is 39.3 Å². The molecule has 1 aromatic heterocycles. The van der Waals surface area contributed by atoms with Gasteiger partial charge >= 0.3 is 0 Å². The number of aromatic nitrogens is 1. The first-order valence-electron chi connectivity index (χ1n) is 9.44. The summed E-state index contributed by atoms with van der Waals surface area (Å²) in [6.07, 6.45) is 1.71. The first-order valence-corrected chi connectivity index (χ1v) is 10.3. The van der Waals surface area contributed by atoms with Crippen LogP contribution in [0.5, 0.6) is 5.75 Å². The van der Waals surface area contributed by atoms with Gasteiger partial charge < -0.3 is 9.30 Å². The van der Waals surface area contributed by atoms with Crippen molar-refractivity contribution in [3.8, 4) is 5.75 Å². The molecule has 4 rings (SSSR count). The van der Waals surface area contributed by atoms with Crippen LogP contribution in [0.3, 0.4) is 0 Å². The highest BCUT2D eigenvalue weighted by Crippen LogP contribution is 2.28. The quantitative estimate of drug-likeness (QED) is 0.453. The van der Waals surface area contributed by atoms with Crippen LogP contribution in [0.2, 0.25) is 0 Å². The van der Waals surface area contributed by atoms with E-state index in [0.29, 0.717) is 34.8 Å². The second-order valence-corrected chi connectivity index (χ2v) is 7.58. The molecule has 0 bridgehead atoms. The summed E-state index contributed by atoms with van der Waals surface area (Å²) in [6, 6.07) is 12.2. The van der Waals surface area contributed by atoms with Crippen molar-refractivity contribution in [2.24, 2.45) is 4.99 Å². The van der Waals surface area contributed by atoms with Gasteiger partial charge in [-0.1, -0.05) is 35.6 Å². The summed E-state index contributed by atoms with van der Waals surface area (Å²) in [5, 5.41) is 0. The van der Waals surface area contributed by atoms with Gasteiger partial charge in [-0.3, -0.25) is 19.3 Å². The Hall–Kier alpha value is -3.52. The molecule has 30 heavy (non-hydrogen) atoms. The van der Waals surface area contributed by atoms with Crippen LogP contribution in [0.1, 0.15) is 27.6 Å². The molecule has 3 amide bonds. The fraction of sp³-hybridized carbons (Fsp3) is 0.182. The van der Waals surface area contributed by atoms with Gasteiger partial charge in [-0.25, -0.2) is 0 Å². The van der Waals surface area contributed by atoms with Crippen molar-refractivity contribution in [2.45, 2.75) is 13.5 Å². The zero-order chi connectivity index (χ0) is 21.3. The van der Waals surface area contributed by atoms with Gasteiger partial charge in [0, 0.05) is 6.54 Å². The standard InChI is InChI=1S/C22H19N3O4S/c1-3-12-24-19-16(29-4-2)10-7-11-17(19)30-22(24)23-18(26)13-25-20(27)14-8-5-6-9-15(14)21(25)28/h3,5-11H,1,4,12-13H2,2H3. The number of imide groups is 1. The Labute approximate surface area is 176 Å². The molecule has 0 radical (unpaired) electrons. The lowest BCUT2D eigenvalue weighted by Gasteiger charge is -2.10. The zero-order valence-corrected chi connectivity index (χ0v) is 17.1. The summed E-state index contributed by atoms with van der Waals surface area (Å²) in [5.74, 6) is -0.838. The van der Waals surface area contributed by atoms with Crippen LogP contribution in [0.25, 0.3) is 10.2 Å². The first-order chi connectivity index (χ1) is 14.5. The van der Waals surface area contributed by atoms with Crippen LogP contribution in [-0.2, 0) is 11.3 Å². The van der Waals surface area contributed by atoms with Crippen LogP contribution in [0.4, 0.5) is 0 Å². The first kappa shape index (κ1) is 19.8. The molecule has 0 aliphatic carbocycles. The Morgan fingerprint density at radius 3 is 2.47 bits per heavy atom. The number of carbonyl (C=O) groups is 3. The van der Waals surface area contributed by atoms with Crippen LogP contribution in [0, 0.1) is 0 Å². The molecule has 2 aromatic carbocycles. The van der Waals surface area contributed by atoms with Crippen molar-refractivity contribution < 1.29 is 19.1 Å². The molecule has 0 fully saturated rings. The Kier molecular flexibility index (Phi) is 5.33. The van der Waals surface area contributed by atoms with E-state index in [1.807, 2.05) is 29.7 Å². The normalized spacial score (nSPS) is 13.8. The summed E-state index contributed by atoms with van der Waals surface area (Å²) in [4.78, 5) is 43.3. The van der Waals surface area contributed by atoms with Gasteiger partial charge in [0.15, 0.2) is 4.80 Å². The highest BCUT2D eigenvalue weighted by atomic mass is 32.1. The predicted octanol–water partition coefficient (Wildman–Crippen LogP) is 3.01. The number of benzene rings is 2. The second kappa shape index (κ2) is 8.08. The summed E-state index contributed by atoms with van der Waals surface area (Å²) in [7, 11) is 0. The summed E-state index contributed by atoms with van der Waals surface area (Å²) in [6.45, 7) is 6.22. The number of hydrogen-bond acceptors (Lipinski definition) is 5. The van der Waals surface area contributed by atoms with Gasteiger partial charge in [-0.15, -0.1) is 6.58 Å². The number of thiazole rings is 1. The Morgan fingerprint density at radius 1 is 1.13 bits per heavy atom. The summed E-state index contributed by atoms with van der Waals surface area (Å²) >= 11 is 1.34. The van der Waals surface area contributed by atoms with Gasteiger partial charge in [-0.2, -0.15) is 4.99 Å². The van der Waals surface area contributed by atoms with Gasteiger partial charge in [0.1, 0.15) is 17.8 Å². The van der Waals surface area contributed by atoms with E-state index in [0.717, 1.165) is 15.1 Å². The summed E-state index contributed by atoms with van der Waals surface area (Å²) < 4.78 is 8.48. The van der Waals surface area contributed by atoms with E-state index >= 15 is 0 Å². The van der Waals surface area contributed by atoms with Crippen molar-refractivity contribution in [2.75, 3.05) is 13.2 Å². The van der Waals surface area contributed by atoms with Crippen molar-refractivity contribution in [3.05, 3.63) is 71.0 Å². The number of hydrogen-bond donors (Lipinski definition) is 0. The zero-order valence-electron chi connectivity index (χ0n) is 16.3. The molecule has 0 N–H and O–H groups in total. The number of amides is 3. The summed E-state index contributed by atoms with van der Waals surface area (Å²) in [5.41, 5.74) is 1.44. The smallest absolute Gasteiger partial charge is 0.268 e. The van der Waals surface area contributed by atoms with E-state index in [4.69, 9.17) is 4.74 Å². The van der Waals surface area contributed by atoms with E-state index < -0.39 is 24.3 Å². The molecular weight excluding hydrogens is 402 g/mol. The molecule has 152 valence electrons. The lowest BCUT2D eigenvalue weighted by Crippen LogP contribution is -2.35. The van der Waals surface area contributed by atoms with Crippen molar-refractivity contribution in [1.82, 2.24) is 9.47 Å². The Bertz CT molecular complexity index is 1220. The molecule has 0 spiro atoms. The van der Waals surface area contributed by atoms with E-state index in [1.165, 1.54) is 11.3 Å². The number of carbonyl (C=O) groups excluding carboxylic acids is 3. The number of ether oxygens (including phenoxy) is 1. The second-order valence-electron chi connectivity index (χ2n) is 6.57. The third kappa shape index (κ3) is 3.35. The van der Waals surface area contributed by atoms with Crippen molar-refractivity contribution in [1.29, 1.82) is 0 Å². The molecule has 0 saturated heterocycles. The fourth-order valence-corrected chi connectivity index (χ4v) is 4.49. The van der Waals surface area contributed by atoms with Crippen LogP contribution < -0.4 is 9.54 Å². The van der Waals surface area contributed by atoms with Crippen molar-refractivity contribution in [3.63, 3.8) is 0 Å². The van der Waals surface area contributed by atoms with Gasteiger partial charge in [0.05, 0.1) is 22.4 Å². The number of para-hydroxylation sites is 1. The topological polar surface area (TPSA) is 81.0 Å². The molecule has 7 nitrogen and oxygen atoms in total. The van der Waals surface area contributed by atoms with E-state index in [2.05, 4.69) is 11.6 Å². The maximum Gasteiger partial charge on any atom is 0.268 e. The lowest BCUT2D eigenvalue weighted by molar-refractivity contribution is -0.118. The SMILES string of the molecule is C=CCn1c(=NC(=O)CN2C(=O)c3ccccc3C2=O)sc2cccc(OCC)c21. The van der Waals surface area contributed by atoms with E-state index in [9.17, 15) is 14.4 Å². The third-order valence-corrected chi connectivity index (χ3v) is 5.71. The number of nitrogens with zero attached hydrogens (tertiary/aromatic N) is 3. The number of allylic oxidation sites excluding steroid dienone is 1. The number of rotatable bonds is 6. The highest BCUT2D eigenvalue weighted by Gasteiger charge is 2.36. The monoisotopic (exact) mass is 421 g/mol. The molecule has 2 heterocycles. The van der Waals surface area contributed by atoms with Crippen LogP contribution in [-0.4, -0.2) is 40.3 Å². The minimum absolute atomic E-state index is 0.306. The Balaban J connectivity index is 1.70. The minimum atomic E-state index is -0.577. The highest BCUT2D eigenvalue weighted by molar-refractivity contribution is 7.16. The van der Waals surface area contributed by atoms with Gasteiger partial charge in [0.25, 0.3) is 17.7 Å². The largest absolute Gasteiger partial charge is 0.492 e. The molecular formula is C22H19N3O4S. The molecule has 0 saturated carbocycles. The van der Waals surface area contributed by atoms with Crippen LogP contribution >= 0.6 is 11.3 Å². The Morgan fingerprint density at radius 2 is 1.83 bits per heavy atom. The minimum Gasteiger partial charge on any atom is -0.492 e. The molecule has 0 unspecified atom stereocenters.